The number of nitrogens with two attached hydrogens (primary N) is 2. The molecule has 1 radical (unpaired) electrons. The molecule has 495 valence electrons. The molecule has 4 amide bonds. The Bertz CT molecular complexity index is 3180. The van der Waals surface area contributed by atoms with Crippen LogP contribution in [0, 0.1) is 32.3 Å². The van der Waals surface area contributed by atoms with Gasteiger partial charge in [-0.15, -0.1) is 12.1 Å². The second kappa shape index (κ2) is 39.6. The fourth-order valence-electron chi connectivity index (χ4n) is 6.81. The molecule has 6 aromatic carbocycles. The van der Waals surface area contributed by atoms with Gasteiger partial charge < -0.3 is 52.7 Å². The predicted octanol–water partition coefficient (Wildman–Crippen LogP) is 16.0. The van der Waals surface area contributed by atoms with Gasteiger partial charge >= 0.3 is 6.03 Å². The number of phenols is 6. The fourth-order valence-corrected chi connectivity index (χ4v) is 7.55. The first-order chi connectivity index (χ1) is 39.6. The summed E-state index contributed by atoms with van der Waals surface area (Å²) in [6, 6.07) is 34.4. The number of anilines is 2. The average Bonchev–Trinajstić information content (AvgIpc) is 1.44. The van der Waals surface area contributed by atoms with Crippen LogP contribution in [0.1, 0.15) is 183 Å². The second-order valence-electron chi connectivity index (χ2n) is 27.4. The summed E-state index contributed by atoms with van der Waals surface area (Å²) in [7, 11) is -1.65. The third kappa shape index (κ3) is 42.2. The van der Waals surface area contributed by atoms with Crippen molar-refractivity contribution in [3.8, 4) is 34.5 Å². The number of phenolic OH excluding ortho intramolecular Hbond substituents is 6. The maximum atomic E-state index is 10.7. The van der Waals surface area contributed by atoms with Crippen LogP contribution in [0.4, 0.5) is 16.2 Å². The predicted molar refractivity (Wildman–Crippen MR) is 367 cm³/mol. The van der Waals surface area contributed by atoms with Crippen molar-refractivity contribution in [2.24, 2.45) is 16.9 Å². The summed E-state index contributed by atoms with van der Waals surface area (Å²) in [5.74, 6) is 0.180. The molecule has 6 rings (SSSR count). The van der Waals surface area contributed by atoms with E-state index in [1.807, 2.05) is 71.9 Å². The van der Waals surface area contributed by atoms with Crippen LogP contribution in [0.2, 0.25) is 5.02 Å². The minimum absolute atomic E-state index is 0. The van der Waals surface area contributed by atoms with E-state index in [1.165, 1.54) is 37.2 Å². The number of carbonyl (C=O) groups excluding carboxylic acids is 3. The summed E-state index contributed by atoms with van der Waals surface area (Å²) in [5.41, 5.74) is 19.2. The van der Waals surface area contributed by atoms with Gasteiger partial charge in [-0.2, -0.15) is 17.7 Å². The van der Waals surface area contributed by atoms with Gasteiger partial charge in [0.05, 0.1) is 11.9 Å². The first kappa shape index (κ1) is 88.9. The van der Waals surface area contributed by atoms with E-state index in [2.05, 4.69) is 162 Å². The minimum atomic E-state index is -3.13. The number of benzene rings is 6. The Kier molecular flexibility index (Phi) is 39.5. The molecular weight excluding hydrogens is 1240 g/mol. The number of primary amides is 2. The van der Waals surface area contributed by atoms with Crippen molar-refractivity contribution in [3.05, 3.63) is 165 Å². The van der Waals surface area contributed by atoms with E-state index in [4.69, 9.17) is 16.7 Å². The van der Waals surface area contributed by atoms with Crippen LogP contribution in [0.15, 0.2) is 109 Å². The Morgan fingerprint density at radius 3 is 1.35 bits per heavy atom. The van der Waals surface area contributed by atoms with Crippen LogP contribution in [0.5, 0.6) is 34.5 Å². The first-order valence-electron chi connectivity index (χ1n) is 28.4. The molecule has 0 spiro atoms. The van der Waals surface area contributed by atoms with Crippen molar-refractivity contribution in [2.75, 3.05) is 23.3 Å². The molecule has 0 saturated heterocycles. The maximum absolute atomic E-state index is 10.7. The molecule has 19 heteroatoms. The van der Waals surface area contributed by atoms with Gasteiger partial charge in [-0.25, -0.2) is 13.2 Å². The smallest absolute Gasteiger partial charge is 0.311 e. The van der Waals surface area contributed by atoms with Gasteiger partial charge in [0.25, 0.3) is 0 Å². The number of urea groups is 1. The second-order valence-corrected chi connectivity index (χ2v) is 29.5. The number of halogens is 1. The Labute approximate surface area is 564 Å². The van der Waals surface area contributed by atoms with E-state index < -0.39 is 16.1 Å². The normalized spacial score (nSPS) is 10.9. The number of para-hydroxylation sites is 1. The zero-order valence-corrected chi connectivity index (χ0v) is 62.1. The van der Waals surface area contributed by atoms with Crippen LogP contribution in [-0.2, 0) is 79.4 Å². The zero-order valence-electron chi connectivity index (χ0n) is 57.7. The van der Waals surface area contributed by atoms with E-state index >= 15 is 0 Å². The summed E-state index contributed by atoms with van der Waals surface area (Å²) >= 11 is 6.02. The van der Waals surface area contributed by atoms with E-state index in [0.717, 1.165) is 44.7 Å². The van der Waals surface area contributed by atoms with Gasteiger partial charge in [0.15, 0.2) is 11.5 Å². The molecule has 0 aliphatic carbocycles. The number of rotatable bonds is 4. The largest absolute Gasteiger partial charge is 0.534 e. The molecule has 0 saturated carbocycles. The van der Waals surface area contributed by atoms with Crippen LogP contribution < -0.4 is 26.8 Å². The first-order valence-corrected chi connectivity index (χ1v) is 30.7. The van der Waals surface area contributed by atoms with Crippen LogP contribution in [-0.4, -0.2) is 70.7 Å². The van der Waals surface area contributed by atoms with Crippen molar-refractivity contribution in [1.29, 1.82) is 0 Å². The molecule has 89 heavy (non-hydrogen) atoms. The maximum Gasteiger partial charge on any atom is 0.311 e. The number of amides is 4. The topological polar surface area (TPSA) is 295 Å². The minimum Gasteiger partial charge on any atom is -0.534 e. The van der Waals surface area contributed by atoms with Gasteiger partial charge in [-0.05, 0) is 129 Å². The molecule has 6 aromatic rings. The summed E-state index contributed by atoms with van der Waals surface area (Å²) in [6.45, 7) is 47.3. The summed E-state index contributed by atoms with van der Waals surface area (Å²) < 4.78 is 23.7. The summed E-state index contributed by atoms with van der Waals surface area (Å²) in [4.78, 5) is 29.0. The Morgan fingerprint density at radius 2 is 0.978 bits per heavy atom. The molecular formula is C70H107ClN5O11SY-. The molecule has 0 aliphatic rings. The van der Waals surface area contributed by atoms with Gasteiger partial charge in [0.2, 0.25) is 22.3 Å². The molecule has 0 aliphatic heterocycles. The van der Waals surface area contributed by atoms with Crippen LogP contribution in [0.3, 0.4) is 0 Å². The number of carbonyl (C=O) groups is 3. The number of hydrogen-bond acceptors (Lipinski definition) is 11. The van der Waals surface area contributed by atoms with Crippen LogP contribution >= 0.6 is 11.6 Å². The monoisotopic (exact) mass is 1350 g/mol. The molecule has 0 heterocycles. The third-order valence-electron chi connectivity index (χ3n) is 11.5. The quantitative estimate of drug-likeness (QED) is 0.0448. The van der Waals surface area contributed by atoms with Crippen molar-refractivity contribution in [2.45, 2.75) is 186 Å². The van der Waals surface area contributed by atoms with E-state index in [0.29, 0.717) is 23.2 Å². The zero-order chi connectivity index (χ0) is 69.7. The summed E-state index contributed by atoms with van der Waals surface area (Å²) in [5, 5.41) is 61.4. The SMILES string of the molecule is CC(C)(C)C.CC(C)(C)c1c[c-]c(O)cc1.CC(C)(C)c1ccc(O)c(NC=O)c1.CC(N)=O.CNC(N)=O.CS(=O)(=O)Nc1ccccc1.Cc1c(C(C)(C)C)ccc(O)c1O.Cc1c(O)cc(O)cc1C(C)(C)C.Cc1ccc(C(C)(C)C)cc1Cl.[Y]. The van der Waals surface area contributed by atoms with Gasteiger partial charge in [-0.3, -0.25) is 14.3 Å². The third-order valence-corrected chi connectivity index (χ3v) is 12.5. The summed E-state index contributed by atoms with van der Waals surface area (Å²) in [6.07, 6.45) is 1.68. The number of hydrogen-bond donors (Lipinski definition) is 11. The fraction of sp³-hybridized carbons (Fsp3) is 0.443. The Balaban J connectivity index is -0.000000466. The molecule has 16 nitrogen and oxygen atoms in total. The van der Waals surface area contributed by atoms with Crippen molar-refractivity contribution < 1.29 is 86.1 Å². The van der Waals surface area contributed by atoms with Gasteiger partial charge in [0.1, 0.15) is 17.2 Å². The number of aromatic hydroxyl groups is 6. The Hall–Kier alpha value is -6.53. The molecule has 0 bridgehead atoms. The average molecular weight is 1350 g/mol. The molecule has 13 N–H and O–H groups in total. The molecule has 0 unspecified atom stereocenters. The van der Waals surface area contributed by atoms with E-state index in [-0.39, 0.29) is 100 Å². The van der Waals surface area contributed by atoms with E-state index in [1.54, 1.807) is 48.5 Å². The van der Waals surface area contributed by atoms with Gasteiger partial charge in [-0.1, -0.05) is 191 Å². The van der Waals surface area contributed by atoms with E-state index in [9.17, 15) is 48.3 Å². The standard InChI is InChI=1S/C11H15Cl.C11H15NO2.2C11H16O2.C10H13O.C7H9NO2S.C5H12.C2H6N2O.C2H5NO.Y/c1-8-5-6-9(7-10(8)12)11(2,3)4;1-11(2,3)8-4-5-10(14)9(6-8)12-7-13;1-7-9(11(2,3)4)5-8(12)6-10(7)13;1-7-8(11(2,3)4)5-6-9(12)10(7)13;1-10(2,3)8-4-6-9(11)7-5-8;1-11(9,10)8-7-5-3-2-4-6-7;1-5(2,3)4;1-4-2(3)5;1-2(3)4;/h5-7H,1-4H3;4-7,14H,1-3H3,(H,12,13);2*5-6,12-13H,1-4H3;4-6,11H,1-3H3;2-6,8H,1H3;1-4H3;1H3,(H3,3,4,5);1H3,(H2,3,4);/q;;;;-1;;;;;. The Morgan fingerprint density at radius 1 is 0.562 bits per heavy atom. The number of aryl methyl sites for hydroxylation is 1. The number of sulfonamides is 1. The molecule has 0 fully saturated rings. The van der Waals surface area contributed by atoms with Crippen molar-refractivity contribution in [1.82, 2.24) is 5.32 Å². The van der Waals surface area contributed by atoms with Gasteiger partial charge in [0, 0.05) is 69.2 Å². The van der Waals surface area contributed by atoms with Crippen molar-refractivity contribution >= 4 is 51.3 Å². The van der Waals surface area contributed by atoms with Crippen LogP contribution in [0.25, 0.3) is 0 Å². The number of nitrogens with one attached hydrogen (secondary N) is 3. The molecule has 0 aromatic heterocycles. The molecule has 0 atom stereocenters. The van der Waals surface area contributed by atoms with Crippen molar-refractivity contribution in [3.63, 3.8) is 0 Å².